The molecule has 3 aromatic heterocycles. The van der Waals surface area contributed by atoms with Gasteiger partial charge in [-0.25, -0.2) is 18.9 Å². The van der Waals surface area contributed by atoms with E-state index in [1.54, 1.807) is 16.8 Å². The van der Waals surface area contributed by atoms with E-state index >= 15 is 0 Å². The number of hydrogen-bond donors (Lipinski definition) is 2. The van der Waals surface area contributed by atoms with E-state index in [4.69, 9.17) is 4.98 Å². The van der Waals surface area contributed by atoms with Crippen molar-refractivity contribution in [3.8, 4) is 5.88 Å². The van der Waals surface area contributed by atoms with Crippen LogP contribution in [0.5, 0.6) is 5.88 Å². The number of nitrogens with one attached hydrogen (secondary N) is 1. The molecule has 1 amide bonds. The lowest BCUT2D eigenvalue weighted by Gasteiger charge is -2.26. The number of pyridine rings is 1. The Balaban J connectivity index is 1.64. The van der Waals surface area contributed by atoms with Crippen LogP contribution < -0.4 is 10.2 Å². The summed E-state index contributed by atoms with van der Waals surface area (Å²) in [5.74, 6) is -0.282. The van der Waals surface area contributed by atoms with Gasteiger partial charge >= 0.3 is 0 Å². The van der Waals surface area contributed by atoms with Gasteiger partial charge in [0.1, 0.15) is 17.2 Å². The van der Waals surface area contributed by atoms with Gasteiger partial charge in [0.25, 0.3) is 5.91 Å². The summed E-state index contributed by atoms with van der Waals surface area (Å²) in [6.45, 7) is 5.31. The first-order valence-electron chi connectivity index (χ1n) is 10.1. The van der Waals surface area contributed by atoms with Crippen LogP contribution in [0.15, 0.2) is 30.7 Å². The topological polar surface area (TPSA) is 95.7 Å². The number of aromatic nitrogens is 4. The van der Waals surface area contributed by atoms with Crippen molar-refractivity contribution in [1.29, 1.82) is 0 Å². The van der Waals surface area contributed by atoms with E-state index in [0.717, 1.165) is 24.4 Å². The number of rotatable bonds is 6. The Morgan fingerprint density at radius 3 is 3.00 bits per heavy atom. The number of alkyl halides is 1. The smallest absolute Gasteiger partial charge is 0.256 e. The third-order valence-electron chi connectivity index (χ3n) is 5.46. The molecule has 0 saturated carbocycles. The predicted molar refractivity (Wildman–Crippen MR) is 118 cm³/mol. The molecule has 1 fully saturated rings. The van der Waals surface area contributed by atoms with Crippen molar-refractivity contribution < 1.29 is 14.3 Å². The summed E-state index contributed by atoms with van der Waals surface area (Å²) in [5.41, 5.74) is 1.18. The zero-order chi connectivity index (χ0) is 22.2. The van der Waals surface area contributed by atoms with E-state index in [0.29, 0.717) is 35.7 Å². The fourth-order valence-electron chi connectivity index (χ4n) is 3.70. The highest BCUT2D eigenvalue weighted by molar-refractivity contribution is 9.09. The lowest BCUT2D eigenvalue weighted by molar-refractivity contribution is 0.0941. The van der Waals surface area contributed by atoms with Crippen molar-refractivity contribution in [2.24, 2.45) is 5.41 Å². The van der Waals surface area contributed by atoms with Crippen LogP contribution in [0.3, 0.4) is 0 Å². The number of carbonyl (C=O) groups is 1. The van der Waals surface area contributed by atoms with E-state index < -0.39 is 5.82 Å². The number of hydrogen-bond acceptors (Lipinski definition) is 6. The van der Waals surface area contributed by atoms with Crippen LogP contribution in [0, 0.1) is 11.2 Å². The zero-order valence-electron chi connectivity index (χ0n) is 17.3. The molecule has 164 valence electrons. The number of amides is 1. The maximum atomic E-state index is 13.8. The quantitative estimate of drug-likeness (QED) is 0.513. The second kappa shape index (κ2) is 8.41. The van der Waals surface area contributed by atoms with E-state index in [1.807, 2.05) is 4.90 Å². The van der Waals surface area contributed by atoms with Gasteiger partial charge in [-0.05, 0) is 30.4 Å². The molecule has 1 atom stereocenters. The van der Waals surface area contributed by atoms with E-state index in [-0.39, 0.29) is 23.2 Å². The second-order valence-corrected chi connectivity index (χ2v) is 9.07. The third-order valence-corrected chi connectivity index (χ3v) is 6.97. The minimum Gasteiger partial charge on any atom is -0.493 e. The molecule has 4 rings (SSSR count). The number of carbonyl (C=O) groups excluding carboxylic acids is 1. The van der Waals surface area contributed by atoms with Crippen molar-refractivity contribution in [2.45, 2.75) is 32.7 Å². The van der Waals surface area contributed by atoms with E-state index in [2.05, 4.69) is 45.2 Å². The molecule has 1 aliphatic rings. The molecular weight excluding hydrogens is 467 g/mol. The summed E-state index contributed by atoms with van der Waals surface area (Å²) in [6.07, 6.45) is 5.85. The van der Waals surface area contributed by atoms with Gasteiger partial charge in [-0.3, -0.25) is 4.79 Å². The molecule has 8 nitrogen and oxygen atoms in total. The minimum atomic E-state index is -0.496. The molecule has 31 heavy (non-hydrogen) atoms. The Labute approximate surface area is 187 Å². The number of nitrogens with zero attached hydrogens (tertiary/aromatic N) is 5. The SMILES string of the molecule is CC(C)(CBr)CNC(=O)c1cnn2ccc(N3CCC[C@@H]3c3cc(F)cnc3O)nc12. The fraction of sp³-hybridized carbons (Fsp3) is 0.429. The van der Waals surface area contributed by atoms with Gasteiger partial charge in [-0.1, -0.05) is 29.8 Å². The van der Waals surface area contributed by atoms with Crippen molar-refractivity contribution in [2.75, 3.05) is 23.3 Å². The predicted octanol–water partition coefficient (Wildman–Crippen LogP) is 3.46. The lowest BCUT2D eigenvalue weighted by Crippen LogP contribution is -2.34. The van der Waals surface area contributed by atoms with Crippen molar-refractivity contribution >= 4 is 33.3 Å². The van der Waals surface area contributed by atoms with Crippen LogP contribution in [0.1, 0.15) is 48.7 Å². The first-order valence-corrected chi connectivity index (χ1v) is 11.2. The average molecular weight is 491 g/mol. The van der Waals surface area contributed by atoms with Crippen LogP contribution in [0.4, 0.5) is 10.2 Å². The fourth-order valence-corrected chi connectivity index (χ4v) is 3.90. The van der Waals surface area contributed by atoms with E-state index in [1.165, 1.54) is 12.3 Å². The van der Waals surface area contributed by atoms with Crippen molar-refractivity contribution in [3.63, 3.8) is 0 Å². The molecule has 3 aromatic rings. The normalized spacial score (nSPS) is 16.8. The van der Waals surface area contributed by atoms with Gasteiger partial charge in [0.05, 0.1) is 18.4 Å². The average Bonchev–Trinajstić information content (AvgIpc) is 3.40. The molecule has 4 heterocycles. The molecule has 0 radical (unpaired) electrons. The summed E-state index contributed by atoms with van der Waals surface area (Å²) in [6, 6.07) is 2.86. The monoisotopic (exact) mass is 490 g/mol. The Bertz CT molecular complexity index is 1120. The van der Waals surface area contributed by atoms with Gasteiger partial charge in [-0.2, -0.15) is 5.10 Å². The summed E-state index contributed by atoms with van der Waals surface area (Å²) >= 11 is 3.46. The molecule has 2 N–H and O–H groups in total. The van der Waals surface area contributed by atoms with E-state index in [9.17, 15) is 14.3 Å². The van der Waals surface area contributed by atoms with Gasteiger partial charge in [0.15, 0.2) is 5.65 Å². The van der Waals surface area contributed by atoms with Crippen molar-refractivity contribution in [1.82, 2.24) is 24.9 Å². The molecule has 1 aliphatic heterocycles. The second-order valence-electron chi connectivity index (χ2n) is 8.51. The third kappa shape index (κ3) is 4.34. The van der Waals surface area contributed by atoms with Gasteiger partial charge in [0, 0.05) is 30.2 Å². The highest BCUT2D eigenvalue weighted by Gasteiger charge is 2.30. The largest absolute Gasteiger partial charge is 0.493 e. The molecule has 0 aliphatic carbocycles. The molecular formula is C21H24BrFN6O2. The maximum Gasteiger partial charge on any atom is 0.256 e. The van der Waals surface area contributed by atoms with Gasteiger partial charge < -0.3 is 15.3 Å². The molecule has 0 spiro atoms. The van der Waals surface area contributed by atoms with Crippen LogP contribution in [-0.2, 0) is 0 Å². The number of anilines is 1. The van der Waals surface area contributed by atoms with Crippen LogP contribution in [0.2, 0.25) is 0 Å². The molecule has 1 saturated heterocycles. The first kappa shape index (κ1) is 21.5. The molecule has 0 unspecified atom stereocenters. The standard InChI is InChI=1S/C21H24BrFN6O2/c1-21(2,11-22)12-25-20(31)15-10-26-29-7-5-17(27-18(15)29)28-6-3-4-16(28)14-8-13(23)9-24-19(14)30/h5,7-10,16H,3-4,6,11-12H2,1-2H3,(H,24,30)(H,25,31)/t16-/m1/s1. The minimum absolute atomic E-state index is 0.0824. The number of halogens is 2. The Morgan fingerprint density at radius 1 is 1.42 bits per heavy atom. The Morgan fingerprint density at radius 2 is 2.23 bits per heavy atom. The zero-order valence-corrected chi connectivity index (χ0v) is 18.9. The first-order chi connectivity index (χ1) is 14.8. The van der Waals surface area contributed by atoms with Crippen LogP contribution >= 0.6 is 15.9 Å². The lowest BCUT2D eigenvalue weighted by atomic mass is 9.97. The van der Waals surface area contributed by atoms with Crippen LogP contribution in [0.25, 0.3) is 5.65 Å². The maximum absolute atomic E-state index is 13.8. The molecule has 0 aromatic carbocycles. The highest BCUT2D eigenvalue weighted by atomic mass is 79.9. The Hall–Kier alpha value is -2.75. The Kier molecular flexibility index (Phi) is 5.83. The summed E-state index contributed by atoms with van der Waals surface area (Å²) in [4.78, 5) is 23.2. The summed E-state index contributed by atoms with van der Waals surface area (Å²) < 4.78 is 15.3. The highest BCUT2D eigenvalue weighted by Crippen LogP contribution is 2.38. The summed E-state index contributed by atoms with van der Waals surface area (Å²) in [7, 11) is 0. The number of aromatic hydroxyl groups is 1. The van der Waals surface area contributed by atoms with Crippen molar-refractivity contribution in [3.05, 3.63) is 47.7 Å². The summed E-state index contributed by atoms with van der Waals surface area (Å²) in [5, 5.41) is 18.1. The molecule has 10 heteroatoms. The van der Waals surface area contributed by atoms with Gasteiger partial charge in [0.2, 0.25) is 5.88 Å². The number of fused-ring (bicyclic) bond motifs is 1. The molecule has 0 bridgehead atoms. The van der Waals surface area contributed by atoms with Crippen LogP contribution in [-0.4, -0.2) is 49.0 Å². The van der Waals surface area contributed by atoms with Gasteiger partial charge in [-0.15, -0.1) is 0 Å².